The van der Waals surface area contributed by atoms with E-state index < -0.39 is 0 Å². The molecule has 2 nitrogen and oxygen atoms in total. The molecule has 16 heavy (non-hydrogen) atoms. The molecule has 2 rings (SSSR count). The number of hydrogen-bond acceptors (Lipinski definition) is 2. The Morgan fingerprint density at radius 1 is 1.44 bits per heavy atom. The highest BCUT2D eigenvalue weighted by atomic mass is 15.1. The molecule has 0 bridgehead atoms. The van der Waals surface area contributed by atoms with Crippen molar-refractivity contribution in [3.05, 3.63) is 35.4 Å². The number of aryl methyl sites for hydroxylation is 1. The van der Waals surface area contributed by atoms with Crippen LogP contribution in [0.15, 0.2) is 24.3 Å². The molecule has 2 heteroatoms. The van der Waals surface area contributed by atoms with E-state index in [0.717, 1.165) is 13.1 Å². The summed E-state index contributed by atoms with van der Waals surface area (Å²) in [5.41, 5.74) is 3.01. The molecule has 1 aromatic rings. The van der Waals surface area contributed by atoms with Crippen LogP contribution in [0.4, 0.5) is 0 Å². The highest BCUT2D eigenvalue weighted by molar-refractivity contribution is 5.22. The van der Waals surface area contributed by atoms with E-state index >= 15 is 0 Å². The Bertz CT molecular complexity index is 358. The summed E-state index contributed by atoms with van der Waals surface area (Å²) in [6.45, 7) is 8.73. The maximum Gasteiger partial charge on any atom is 0.0213 e. The van der Waals surface area contributed by atoms with E-state index in [1.54, 1.807) is 0 Å². The van der Waals surface area contributed by atoms with Crippen molar-refractivity contribution in [1.82, 2.24) is 10.6 Å². The van der Waals surface area contributed by atoms with Gasteiger partial charge in [-0.25, -0.2) is 0 Å². The lowest BCUT2D eigenvalue weighted by Gasteiger charge is -2.17. The molecule has 88 valence electrons. The second kappa shape index (κ2) is 4.56. The predicted octanol–water partition coefficient (Wildman–Crippen LogP) is 2.23. The van der Waals surface area contributed by atoms with Crippen LogP contribution < -0.4 is 10.6 Å². The molecule has 0 aliphatic carbocycles. The van der Waals surface area contributed by atoms with E-state index in [9.17, 15) is 0 Å². The minimum Gasteiger partial charge on any atom is -0.310 e. The van der Waals surface area contributed by atoms with Crippen LogP contribution in [0.1, 0.15) is 31.4 Å². The van der Waals surface area contributed by atoms with Crippen molar-refractivity contribution in [2.75, 3.05) is 6.54 Å². The molecule has 0 aromatic heterocycles. The molecule has 0 amide bonds. The van der Waals surface area contributed by atoms with Gasteiger partial charge in [0.2, 0.25) is 0 Å². The van der Waals surface area contributed by atoms with Gasteiger partial charge in [0.1, 0.15) is 0 Å². The maximum absolute atomic E-state index is 3.62. The summed E-state index contributed by atoms with van der Waals surface area (Å²) in [5, 5.41) is 7.15. The van der Waals surface area contributed by atoms with Crippen LogP contribution >= 0.6 is 0 Å². The van der Waals surface area contributed by atoms with Gasteiger partial charge in [0, 0.05) is 24.7 Å². The van der Waals surface area contributed by atoms with Crippen LogP contribution in [0, 0.1) is 6.92 Å². The van der Waals surface area contributed by atoms with Crippen molar-refractivity contribution in [2.24, 2.45) is 0 Å². The quantitative estimate of drug-likeness (QED) is 0.813. The average Bonchev–Trinajstić information content (AvgIpc) is 2.56. The fourth-order valence-electron chi connectivity index (χ4n) is 2.39. The third-order valence-corrected chi connectivity index (χ3v) is 3.26. The van der Waals surface area contributed by atoms with Gasteiger partial charge < -0.3 is 10.6 Å². The Hall–Kier alpha value is -0.860. The van der Waals surface area contributed by atoms with Crippen molar-refractivity contribution in [3.63, 3.8) is 0 Å². The number of rotatable bonds is 3. The summed E-state index contributed by atoms with van der Waals surface area (Å²) in [6.07, 6.45) is 1.21. The Labute approximate surface area is 98.4 Å². The molecule has 1 saturated heterocycles. The molecular weight excluding hydrogens is 196 g/mol. The summed E-state index contributed by atoms with van der Waals surface area (Å²) in [4.78, 5) is 0. The predicted molar refractivity (Wildman–Crippen MR) is 68.5 cm³/mol. The minimum absolute atomic E-state index is 0.296. The first-order valence-corrected chi connectivity index (χ1v) is 6.09. The van der Waals surface area contributed by atoms with Gasteiger partial charge in [0.25, 0.3) is 0 Å². The summed E-state index contributed by atoms with van der Waals surface area (Å²) in [7, 11) is 0. The van der Waals surface area contributed by atoms with Crippen molar-refractivity contribution in [1.29, 1.82) is 0 Å². The first kappa shape index (κ1) is 11.6. The summed E-state index contributed by atoms with van der Waals surface area (Å²) in [5.74, 6) is 0. The van der Waals surface area contributed by atoms with Crippen LogP contribution in [0.25, 0.3) is 0 Å². The fourth-order valence-corrected chi connectivity index (χ4v) is 2.39. The third kappa shape index (κ3) is 3.06. The normalized spacial score (nSPS) is 23.6. The molecule has 0 saturated carbocycles. The summed E-state index contributed by atoms with van der Waals surface area (Å²) in [6, 6.07) is 9.32. The lowest BCUT2D eigenvalue weighted by Crippen LogP contribution is -2.31. The van der Waals surface area contributed by atoms with E-state index in [1.165, 1.54) is 17.5 Å². The van der Waals surface area contributed by atoms with Gasteiger partial charge in [-0.05, 0) is 32.8 Å². The van der Waals surface area contributed by atoms with Gasteiger partial charge >= 0.3 is 0 Å². The third-order valence-electron chi connectivity index (χ3n) is 3.26. The topological polar surface area (TPSA) is 24.1 Å². The molecular formula is C14H22N2. The van der Waals surface area contributed by atoms with E-state index in [4.69, 9.17) is 0 Å². The Kier molecular flexibility index (Phi) is 3.31. The van der Waals surface area contributed by atoms with Crippen molar-refractivity contribution < 1.29 is 0 Å². The highest BCUT2D eigenvalue weighted by Crippen LogP contribution is 2.18. The zero-order valence-electron chi connectivity index (χ0n) is 10.5. The van der Waals surface area contributed by atoms with Gasteiger partial charge in [-0.2, -0.15) is 0 Å². The SMILES string of the molecule is Cc1cccc(CNC2CNC(C)(C)C2)c1. The largest absolute Gasteiger partial charge is 0.310 e. The summed E-state index contributed by atoms with van der Waals surface area (Å²) < 4.78 is 0. The fraction of sp³-hybridized carbons (Fsp3) is 0.571. The first-order valence-electron chi connectivity index (χ1n) is 6.09. The van der Waals surface area contributed by atoms with Gasteiger partial charge in [-0.3, -0.25) is 0 Å². The zero-order valence-corrected chi connectivity index (χ0v) is 10.5. The number of benzene rings is 1. The molecule has 1 fully saturated rings. The van der Waals surface area contributed by atoms with Crippen LogP contribution in [-0.4, -0.2) is 18.1 Å². The zero-order chi connectivity index (χ0) is 11.6. The number of hydrogen-bond donors (Lipinski definition) is 2. The van der Waals surface area contributed by atoms with Crippen LogP contribution in [0.3, 0.4) is 0 Å². The second-order valence-corrected chi connectivity index (χ2v) is 5.54. The molecule has 0 radical (unpaired) electrons. The van der Waals surface area contributed by atoms with Gasteiger partial charge in [0.05, 0.1) is 0 Å². The van der Waals surface area contributed by atoms with Crippen LogP contribution in [0.5, 0.6) is 0 Å². The van der Waals surface area contributed by atoms with Crippen LogP contribution in [0.2, 0.25) is 0 Å². The minimum atomic E-state index is 0.296. The van der Waals surface area contributed by atoms with E-state index in [1.807, 2.05) is 0 Å². The summed E-state index contributed by atoms with van der Waals surface area (Å²) >= 11 is 0. The molecule has 2 N–H and O–H groups in total. The maximum atomic E-state index is 3.62. The van der Waals surface area contributed by atoms with Crippen LogP contribution in [-0.2, 0) is 6.54 Å². The van der Waals surface area contributed by atoms with Crippen molar-refractivity contribution in [3.8, 4) is 0 Å². The Morgan fingerprint density at radius 2 is 2.25 bits per heavy atom. The molecule has 1 aliphatic rings. The standard InChI is InChI=1S/C14H22N2/c1-11-5-4-6-12(7-11)9-15-13-8-14(2,3)16-10-13/h4-7,13,15-16H,8-10H2,1-3H3. The van der Waals surface area contributed by atoms with E-state index in [0.29, 0.717) is 11.6 Å². The molecule has 0 spiro atoms. The lowest BCUT2D eigenvalue weighted by atomic mass is 10.0. The van der Waals surface area contributed by atoms with Gasteiger partial charge in [0.15, 0.2) is 0 Å². The molecule has 1 atom stereocenters. The monoisotopic (exact) mass is 218 g/mol. The van der Waals surface area contributed by atoms with Crippen molar-refractivity contribution in [2.45, 2.75) is 45.3 Å². The smallest absolute Gasteiger partial charge is 0.0213 e. The average molecular weight is 218 g/mol. The molecule has 1 aromatic carbocycles. The van der Waals surface area contributed by atoms with Crippen molar-refractivity contribution >= 4 is 0 Å². The highest BCUT2D eigenvalue weighted by Gasteiger charge is 2.29. The van der Waals surface area contributed by atoms with E-state index in [-0.39, 0.29) is 0 Å². The van der Waals surface area contributed by atoms with E-state index in [2.05, 4.69) is 55.7 Å². The first-order chi connectivity index (χ1) is 7.55. The second-order valence-electron chi connectivity index (χ2n) is 5.54. The molecule has 1 aliphatic heterocycles. The van der Waals surface area contributed by atoms with Gasteiger partial charge in [-0.15, -0.1) is 0 Å². The Morgan fingerprint density at radius 3 is 2.88 bits per heavy atom. The number of nitrogens with one attached hydrogen (secondary N) is 2. The molecule has 1 unspecified atom stereocenters. The van der Waals surface area contributed by atoms with Gasteiger partial charge in [-0.1, -0.05) is 29.8 Å². The Balaban J connectivity index is 1.84. The molecule has 1 heterocycles. The lowest BCUT2D eigenvalue weighted by molar-refractivity contribution is 0.442.